The van der Waals surface area contributed by atoms with E-state index in [1.54, 1.807) is 7.11 Å². The molecule has 0 aliphatic carbocycles. The summed E-state index contributed by atoms with van der Waals surface area (Å²) in [5, 5.41) is 0. The van der Waals surface area contributed by atoms with Gasteiger partial charge in [0.25, 0.3) is 0 Å². The van der Waals surface area contributed by atoms with Gasteiger partial charge in [-0.25, -0.2) is 0 Å². The van der Waals surface area contributed by atoms with Crippen LogP contribution in [-0.4, -0.2) is 13.9 Å². The van der Waals surface area contributed by atoms with Crippen molar-refractivity contribution in [2.45, 2.75) is 52.4 Å². The van der Waals surface area contributed by atoms with Crippen LogP contribution in [0.1, 0.15) is 52.7 Å². The summed E-state index contributed by atoms with van der Waals surface area (Å²) >= 11 is 0. The zero-order valence-electron chi connectivity index (χ0n) is 12.8. The van der Waals surface area contributed by atoms with Gasteiger partial charge in [0, 0.05) is 7.11 Å². The lowest BCUT2D eigenvalue weighted by atomic mass is 9.79. The Morgan fingerprint density at radius 3 is 1.67 bits per heavy atom. The topological polar surface area (TPSA) is 18.5 Å². The van der Waals surface area contributed by atoms with Crippen LogP contribution in [0.4, 0.5) is 0 Å². The van der Waals surface area contributed by atoms with Crippen LogP contribution in [0.25, 0.3) is 0 Å². The average Bonchev–Trinajstić information content (AvgIpc) is 2.23. The van der Waals surface area contributed by atoms with E-state index in [4.69, 9.17) is 9.47 Å². The van der Waals surface area contributed by atoms with Crippen molar-refractivity contribution < 1.29 is 9.47 Å². The first-order valence-corrected chi connectivity index (χ1v) is 6.43. The fourth-order valence-corrected chi connectivity index (χ4v) is 1.99. The fourth-order valence-electron chi connectivity index (χ4n) is 1.99. The summed E-state index contributed by atoms with van der Waals surface area (Å²) in [6.45, 7) is 13.5. The summed E-state index contributed by atoms with van der Waals surface area (Å²) in [6.07, 6.45) is 0. The maximum Gasteiger partial charge on any atom is 0.188 e. The molecule has 0 unspecified atom stereocenters. The first-order chi connectivity index (χ1) is 8.18. The van der Waals surface area contributed by atoms with Gasteiger partial charge in [-0.05, 0) is 22.0 Å². The van der Waals surface area contributed by atoms with Crippen LogP contribution in [0, 0.1) is 0 Å². The number of rotatable bonds is 3. The molecule has 0 heterocycles. The van der Waals surface area contributed by atoms with E-state index < -0.39 is 0 Å². The molecule has 1 aromatic rings. The molecule has 1 aromatic carbocycles. The average molecular weight is 250 g/mol. The van der Waals surface area contributed by atoms with Gasteiger partial charge >= 0.3 is 0 Å². The van der Waals surface area contributed by atoms with Crippen LogP contribution in [-0.2, 0) is 15.6 Å². The molecule has 0 saturated heterocycles. The fraction of sp³-hybridized carbons (Fsp3) is 0.625. The van der Waals surface area contributed by atoms with Crippen molar-refractivity contribution in [3.05, 3.63) is 29.3 Å². The van der Waals surface area contributed by atoms with Crippen molar-refractivity contribution in [1.29, 1.82) is 0 Å². The Labute approximate surface area is 111 Å². The Kier molecular flexibility index (Phi) is 4.44. The predicted molar refractivity (Wildman–Crippen MR) is 76.3 cm³/mol. The Morgan fingerprint density at radius 1 is 0.889 bits per heavy atom. The molecule has 2 heteroatoms. The van der Waals surface area contributed by atoms with Crippen LogP contribution in [0.5, 0.6) is 5.75 Å². The Balaban J connectivity index is 3.35. The summed E-state index contributed by atoms with van der Waals surface area (Å²) in [7, 11) is 1.65. The first-order valence-electron chi connectivity index (χ1n) is 6.43. The molecule has 0 fully saturated rings. The van der Waals surface area contributed by atoms with Crippen molar-refractivity contribution in [3.8, 4) is 5.75 Å². The molecule has 0 N–H and O–H groups in total. The van der Waals surface area contributed by atoms with Gasteiger partial charge in [-0.2, -0.15) is 0 Å². The Hall–Kier alpha value is -1.02. The molecule has 0 atom stereocenters. The highest BCUT2D eigenvalue weighted by molar-refractivity contribution is 5.48. The normalized spacial score (nSPS) is 12.6. The second-order valence-corrected chi connectivity index (χ2v) is 6.73. The summed E-state index contributed by atoms with van der Waals surface area (Å²) in [6, 6.07) is 6.39. The minimum absolute atomic E-state index is 0.0599. The summed E-state index contributed by atoms with van der Waals surface area (Å²) < 4.78 is 10.9. The highest BCUT2D eigenvalue weighted by atomic mass is 16.7. The van der Waals surface area contributed by atoms with Crippen molar-refractivity contribution in [3.63, 3.8) is 0 Å². The van der Waals surface area contributed by atoms with Crippen molar-refractivity contribution >= 4 is 0 Å². The number of benzene rings is 1. The highest BCUT2D eigenvalue weighted by Crippen LogP contribution is 2.39. The Bertz CT molecular complexity index is 362. The molecule has 0 aliphatic rings. The number of para-hydroxylation sites is 1. The van der Waals surface area contributed by atoms with Gasteiger partial charge in [0.05, 0.1) is 0 Å². The van der Waals surface area contributed by atoms with Crippen molar-refractivity contribution in [2.24, 2.45) is 0 Å². The molecule has 0 spiro atoms. The van der Waals surface area contributed by atoms with Gasteiger partial charge in [-0.1, -0.05) is 59.7 Å². The number of hydrogen-bond acceptors (Lipinski definition) is 2. The van der Waals surface area contributed by atoms with Crippen molar-refractivity contribution in [2.75, 3.05) is 13.9 Å². The molecule has 2 nitrogen and oxygen atoms in total. The van der Waals surface area contributed by atoms with E-state index in [0.29, 0.717) is 0 Å². The van der Waals surface area contributed by atoms with Gasteiger partial charge in [0.1, 0.15) is 5.75 Å². The standard InChI is InChI=1S/C16H26O2/c1-15(2,3)12-9-8-10-13(16(4,5)6)14(12)18-11-17-7/h8-10H,11H2,1-7H3. The largest absolute Gasteiger partial charge is 0.467 e. The molecule has 18 heavy (non-hydrogen) atoms. The van der Waals surface area contributed by atoms with E-state index >= 15 is 0 Å². The van der Waals surface area contributed by atoms with E-state index in [2.05, 4.69) is 59.7 Å². The van der Waals surface area contributed by atoms with Gasteiger partial charge in [-0.15, -0.1) is 0 Å². The van der Waals surface area contributed by atoms with Crippen LogP contribution < -0.4 is 4.74 Å². The highest BCUT2D eigenvalue weighted by Gasteiger charge is 2.26. The molecular weight excluding hydrogens is 224 g/mol. The quantitative estimate of drug-likeness (QED) is 0.746. The first kappa shape index (κ1) is 15.0. The lowest BCUT2D eigenvalue weighted by molar-refractivity contribution is 0.0484. The van der Waals surface area contributed by atoms with Crippen LogP contribution in [0.15, 0.2) is 18.2 Å². The van der Waals surface area contributed by atoms with E-state index in [0.717, 1.165) is 5.75 Å². The van der Waals surface area contributed by atoms with Crippen LogP contribution >= 0.6 is 0 Å². The smallest absolute Gasteiger partial charge is 0.188 e. The maximum absolute atomic E-state index is 5.85. The summed E-state index contributed by atoms with van der Waals surface area (Å²) in [5.41, 5.74) is 2.58. The van der Waals surface area contributed by atoms with Gasteiger partial charge < -0.3 is 9.47 Å². The maximum atomic E-state index is 5.85. The van der Waals surface area contributed by atoms with E-state index in [1.165, 1.54) is 11.1 Å². The molecule has 0 aromatic heterocycles. The zero-order valence-corrected chi connectivity index (χ0v) is 12.8. The lowest BCUT2D eigenvalue weighted by Gasteiger charge is -2.29. The minimum Gasteiger partial charge on any atom is -0.467 e. The summed E-state index contributed by atoms with van der Waals surface area (Å²) in [5.74, 6) is 0.972. The van der Waals surface area contributed by atoms with E-state index in [9.17, 15) is 0 Å². The number of methoxy groups -OCH3 is 1. The zero-order chi connectivity index (χ0) is 14.0. The molecule has 0 radical (unpaired) electrons. The molecule has 102 valence electrons. The van der Waals surface area contributed by atoms with Crippen molar-refractivity contribution in [1.82, 2.24) is 0 Å². The second-order valence-electron chi connectivity index (χ2n) is 6.73. The lowest BCUT2D eigenvalue weighted by Crippen LogP contribution is -2.20. The molecule has 0 bridgehead atoms. The number of hydrogen-bond donors (Lipinski definition) is 0. The molecular formula is C16H26O2. The van der Waals surface area contributed by atoms with Gasteiger partial charge in [0.15, 0.2) is 6.79 Å². The van der Waals surface area contributed by atoms with E-state index in [1.807, 2.05) is 0 Å². The van der Waals surface area contributed by atoms with Gasteiger partial charge in [-0.3, -0.25) is 0 Å². The third-order valence-corrected chi connectivity index (χ3v) is 2.95. The summed E-state index contributed by atoms with van der Waals surface area (Å²) in [4.78, 5) is 0. The molecule has 0 saturated carbocycles. The number of ether oxygens (including phenoxy) is 2. The minimum atomic E-state index is 0.0599. The third-order valence-electron chi connectivity index (χ3n) is 2.95. The molecule has 1 rings (SSSR count). The monoisotopic (exact) mass is 250 g/mol. The molecule has 0 aliphatic heterocycles. The Morgan fingerprint density at radius 2 is 1.33 bits per heavy atom. The third kappa shape index (κ3) is 3.49. The van der Waals surface area contributed by atoms with Gasteiger partial charge in [0.2, 0.25) is 0 Å². The van der Waals surface area contributed by atoms with E-state index in [-0.39, 0.29) is 17.6 Å². The van der Waals surface area contributed by atoms with Crippen LogP contribution in [0.2, 0.25) is 0 Å². The SMILES string of the molecule is COCOc1c(C(C)(C)C)cccc1C(C)(C)C. The predicted octanol–water partition coefficient (Wildman–Crippen LogP) is 4.26. The second kappa shape index (κ2) is 5.31. The van der Waals surface area contributed by atoms with Crippen LogP contribution in [0.3, 0.4) is 0 Å². The molecule has 0 amide bonds.